The predicted octanol–water partition coefficient (Wildman–Crippen LogP) is 2.81. The van der Waals surface area contributed by atoms with Crippen LogP contribution < -0.4 is 5.32 Å². The Morgan fingerprint density at radius 2 is 2.20 bits per heavy atom. The number of halogens is 1. The molecule has 0 spiro atoms. The van der Waals surface area contributed by atoms with Crippen molar-refractivity contribution in [2.75, 3.05) is 11.9 Å². The lowest BCUT2D eigenvalue weighted by Crippen LogP contribution is -2.15. The molecule has 0 saturated heterocycles. The van der Waals surface area contributed by atoms with Crippen LogP contribution in [0.15, 0.2) is 12.1 Å². The fraction of sp³-hybridized carbons (Fsp3) is 0.273. The maximum absolute atomic E-state index is 11.2. The van der Waals surface area contributed by atoms with Gasteiger partial charge in [0.05, 0.1) is 10.7 Å². The van der Waals surface area contributed by atoms with Gasteiger partial charge in [0.1, 0.15) is 0 Å². The Morgan fingerprint density at radius 1 is 1.53 bits per heavy atom. The fourth-order valence-corrected chi connectivity index (χ4v) is 1.69. The zero-order chi connectivity index (χ0) is 11.4. The van der Waals surface area contributed by atoms with E-state index in [4.69, 9.17) is 18.2 Å². The number of carbonyl (C=O) groups is 1. The van der Waals surface area contributed by atoms with Crippen molar-refractivity contribution >= 4 is 23.2 Å². The first-order chi connectivity index (χ1) is 7.04. The van der Waals surface area contributed by atoms with E-state index in [0.717, 1.165) is 11.1 Å². The van der Waals surface area contributed by atoms with Crippen molar-refractivity contribution < 1.29 is 4.79 Å². The van der Waals surface area contributed by atoms with Gasteiger partial charge in [-0.15, -0.1) is 0 Å². The maximum Gasteiger partial charge on any atom is 0.304 e. The molecule has 0 heterocycles. The molecular weight excluding hydrogens is 212 g/mol. The Kier molecular flexibility index (Phi) is 3.70. The second kappa shape index (κ2) is 4.81. The summed E-state index contributed by atoms with van der Waals surface area (Å²) in [4.78, 5) is 14.2. The predicted molar refractivity (Wildman–Crippen MR) is 61.0 cm³/mol. The molecule has 0 radical (unpaired) electrons. The molecule has 0 aliphatic heterocycles. The molecule has 0 fully saturated rings. The molecule has 15 heavy (non-hydrogen) atoms. The van der Waals surface area contributed by atoms with Crippen molar-refractivity contribution in [1.82, 2.24) is 0 Å². The van der Waals surface area contributed by atoms with E-state index in [9.17, 15) is 4.79 Å². The lowest BCUT2D eigenvalue weighted by atomic mass is 10.1. The number of amides is 1. The summed E-state index contributed by atoms with van der Waals surface area (Å²) in [6.07, 6.45) is 0. The number of anilines is 1. The minimum absolute atomic E-state index is 0.177. The highest BCUT2D eigenvalue weighted by Gasteiger charge is 2.10. The van der Waals surface area contributed by atoms with Crippen molar-refractivity contribution in [3.63, 3.8) is 0 Å². The highest BCUT2D eigenvalue weighted by Crippen LogP contribution is 2.27. The van der Waals surface area contributed by atoms with E-state index in [0.29, 0.717) is 10.7 Å². The van der Waals surface area contributed by atoms with Crippen molar-refractivity contribution in [2.24, 2.45) is 0 Å². The third kappa shape index (κ3) is 2.97. The van der Waals surface area contributed by atoms with E-state index in [1.54, 1.807) is 6.07 Å². The molecule has 4 heteroatoms. The monoisotopic (exact) mass is 222 g/mol. The van der Waals surface area contributed by atoms with Gasteiger partial charge in [0.25, 0.3) is 6.54 Å². The van der Waals surface area contributed by atoms with E-state index >= 15 is 0 Å². The van der Waals surface area contributed by atoms with E-state index in [1.165, 1.54) is 0 Å². The van der Waals surface area contributed by atoms with Crippen molar-refractivity contribution in [3.05, 3.63) is 39.7 Å². The highest BCUT2D eigenvalue weighted by molar-refractivity contribution is 6.34. The SMILES string of the molecule is [C-]#[N+]CC(=O)Nc1c(C)cc(C)cc1Cl. The maximum atomic E-state index is 11.2. The second-order valence-electron chi connectivity index (χ2n) is 3.30. The summed E-state index contributed by atoms with van der Waals surface area (Å²) in [7, 11) is 0. The summed E-state index contributed by atoms with van der Waals surface area (Å²) >= 11 is 5.99. The van der Waals surface area contributed by atoms with Crippen LogP contribution >= 0.6 is 11.6 Å². The molecule has 0 aliphatic carbocycles. The third-order valence-corrected chi connectivity index (χ3v) is 2.22. The number of aryl methyl sites for hydroxylation is 2. The van der Waals surface area contributed by atoms with E-state index in [-0.39, 0.29) is 12.5 Å². The molecular formula is C11H11ClN2O. The fourth-order valence-electron chi connectivity index (χ4n) is 1.32. The van der Waals surface area contributed by atoms with E-state index < -0.39 is 0 Å². The van der Waals surface area contributed by atoms with Crippen LogP contribution in [0.4, 0.5) is 5.69 Å². The smallest absolute Gasteiger partial charge is 0.304 e. The number of benzene rings is 1. The summed E-state index contributed by atoms with van der Waals surface area (Å²) < 4.78 is 0. The van der Waals surface area contributed by atoms with Gasteiger partial charge in [0.2, 0.25) is 0 Å². The van der Waals surface area contributed by atoms with Crippen LogP contribution in [0.1, 0.15) is 11.1 Å². The van der Waals surface area contributed by atoms with Crippen molar-refractivity contribution in [3.8, 4) is 0 Å². The molecule has 78 valence electrons. The van der Waals surface area contributed by atoms with Gasteiger partial charge in [-0.2, -0.15) is 0 Å². The first-order valence-corrected chi connectivity index (χ1v) is 4.82. The number of carbonyl (C=O) groups excluding carboxylic acids is 1. The largest absolute Gasteiger partial charge is 0.318 e. The lowest BCUT2D eigenvalue weighted by Gasteiger charge is -2.09. The summed E-state index contributed by atoms with van der Waals surface area (Å²) in [5.41, 5.74) is 2.54. The summed E-state index contributed by atoms with van der Waals surface area (Å²) in [5.74, 6) is -0.334. The number of nitrogens with one attached hydrogen (secondary N) is 1. The number of hydrogen-bond acceptors (Lipinski definition) is 1. The molecule has 1 aromatic carbocycles. The second-order valence-corrected chi connectivity index (χ2v) is 3.71. The van der Waals surface area contributed by atoms with Gasteiger partial charge in [-0.25, -0.2) is 6.57 Å². The first kappa shape index (κ1) is 11.5. The van der Waals surface area contributed by atoms with Crippen molar-refractivity contribution in [2.45, 2.75) is 13.8 Å². The molecule has 0 aliphatic rings. The van der Waals surface area contributed by atoms with Crippen LogP contribution in [0.25, 0.3) is 4.85 Å². The summed E-state index contributed by atoms with van der Waals surface area (Å²) in [5, 5.41) is 3.13. The van der Waals surface area contributed by atoms with Crippen LogP contribution in [0.3, 0.4) is 0 Å². The topological polar surface area (TPSA) is 33.5 Å². The molecule has 0 atom stereocenters. The molecule has 3 nitrogen and oxygen atoms in total. The van der Waals surface area contributed by atoms with Gasteiger partial charge in [0.15, 0.2) is 0 Å². The number of rotatable bonds is 2. The summed E-state index contributed by atoms with van der Waals surface area (Å²) in [6, 6.07) is 3.71. The average molecular weight is 223 g/mol. The molecule has 1 amide bonds. The van der Waals surface area contributed by atoms with Gasteiger partial charge >= 0.3 is 5.91 Å². The quantitative estimate of drug-likeness (QED) is 0.767. The van der Waals surface area contributed by atoms with Crippen LogP contribution in [-0.4, -0.2) is 12.5 Å². The number of hydrogen-bond donors (Lipinski definition) is 1. The van der Waals surface area contributed by atoms with Gasteiger partial charge < -0.3 is 10.2 Å². The Morgan fingerprint density at radius 3 is 2.73 bits per heavy atom. The van der Waals surface area contributed by atoms with Crippen LogP contribution in [0, 0.1) is 20.4 Å². The molecule has 0 bridgehead atoms. The zero-order valence-corrected chi connectivity index (χ0v) is 9.35. The normalized spacial score (nSPS) is 9.47. The van der Waals surface area contributed by atoms with Gasteiger partial charge in [-0.1, -0.05) is 17.7 Å². The van der Waals surface area contributed by atoms with Gasteiger partial charge in [-0.3, -0.25) is 4.79 Å². The van der Waals surface area contributed by atoms with Crippen LogP contribution in [0.2, 0.25) is 5.02 Å². The summed E-state index contributed by atoms with van der Waals surface area (Å²) in [6.45, 7) is 10.2. The lowest BCUT2D eigenvalue weighted by molar-refractivity contribution is -0.114. The molecule has 1 N–H and O–H groups in total. The van der Waals surface area contributed by atoms with E-state index in [1.807, 2.05) is 19.9 Å². The van der Waals surface area contributed by atoms with Crippen LogP contribution in [-0.2, 0) is 4.79 Å². The molecule has 0 aromatic heterocycles. The first-order valence-electron chi connectivity index (χ1n) is 4.44. The van der Waals surface area contributed by atoms with Gasteiger partial charge in [0, 0.05) is 0 Å². The Bertz CT molecular complexity index is 412. The Balaban J connectivity index is 2.96. The minimum Gasteiger partial charge on any atom is -0.318 e. The highest BCUT2D eigenvalue weighted by atomic mass is 35.5. The minimum atomic E-state index is -0.334. The standard InChI is InChI=1S/C11H11ClN2O/c1-7-4-8(2)11(9(12)5-7)14-10(15)6-13-3/h4-5H,6H2,1-2H3,(H,14,15). The van der Waals surface area contributed by atoms with Crippen LogP contribution in [0.5, 0.6) is 0 Å². The average Bonchev–Trinajstić information content (AvgIpc) is 2.11. The Hall–Kier alpha value is -1.53. The molecule has 0 saturated carbocycles. The third-order valence-electron chi connectivity index (χ3n) is 1.92. The Labute approximate surface area is 93.9 Å². The molecule has 1 aromatic rings. The van der Waals surface area contributed by atoms with E-state index in [2.05, 4.69) is 10.2 Å². The van der Waals surface area contributed by atoms with Gasteiger partial charge in [-0.05, 0) is 31.0 Å². The molecule has 1 rings (SSSR count). The van der Waals surface area contributed by atoms with Crippen molar-refractivity contribution in [1.29, 1.82) is 0 Å². The zero-order valence-electron chi connectivity index (χ0n) is 8.60. The number of nitrogens with zero attached hydrogens (tertiary/aromatic N) is 1. The molecule has 0 unspecified atom stereocenters.